The third-order valence-electron chi connectivity index (χ3n) is 2.18. The molecule has 0 saturated heterocycles. The van der Waals surface area contributed by atoms with Crippen LogP contribution in [0.3, 0.4) is 0 Å². The van der Waals surface area contributed by atoms with E-state index < -0.39 is 0 Å². The predicted molar refractivity (Wildman–Crippen MR) is 53.2 cm³/mol. The molecule has 13 heavy (non-hydrogen) atoms. The van der Waals surface area contributed by atoms with Crippen LogP contribution in [0.5, 0.6) is 0 Å². The highest BCUT2D eigenvalue weighted by atomic mass is 16.3. The van der Waals surface area contributed by atoms with Crippen LogP contribution in [-0.2, 0) is 6.54 Å². The summed E-state index contributed by atoms with van der Waals surface area (Å²) < 4.78 is 0. The second-order valence-electron chi connectivity index (χ2n) is 3.30. The molecule has 3 heteroatoms. The summed E-state index contributed by atoms with van der Waals surface area (Å²) in [6.45, 7) is 2.62. The predicted octanol–water partition coefficient (Wildman–Crippen LogP) is 1.70. The minimum Gasteiger partial charge on any atom is -0.387 e. The average Bonchev–Trinajstić information content (AvgIpc) is 2.62. The van der Waals surface area contributed by atoms with Crippen LogP contribution in [0.25, 0.3) is 0 Å². The van der Waals surface area contributed by atoms with Crippen LogP contribution in [0.15, 0.2) is 12.1 Å². The summed E-state index contributed by atoms with van der Waals surface area (Å²) in [7, 11) is 0. The Labute approximate surface area is 79.0 Å². The monoisotopic (exact) mass is 182 g/mol. The fourth-order valence-corrected chi connectivity index (χ4v) is 1.33. The second kappa shape index (κ2) is 5.04. The molecule has 1 heterocycles. The lowest BCUT2D eigenvalue weighted by atomic mass is 10.1. The molecule has 0 aliphatic rings. The van der Waals surface area contributed by atoms with Gasteiger partial charge in [0.1, 0.15) is 0 Å². The minimum absolute atomic E-state index is 0.361. The van der Waals surface area contributed by atoms with Crippen molar-refractivity contribution in [2.45, 2.75) is 38.8 Å². The van der Waals surface area contributed by atoms with E-state index in [-0.39, 0.29) is 6.10 Å². The highest BCUT2D eigenvalue weighted by molar-refractivity contribution is 5.14. The molecule has 1 atom stereocenters. The first-order valence-corrected chi connectivity index (χ1v) is 4.83. The van der Waals surface area contributed by atoms with Crippen LogP contribution in [-0.4, -0.2) is 10.1 Å². The van der Waals surface area contributed by atoms with E-state index in [4.69, 9.17) is 5.73 Å². The van der Waals surface area contributed by atoms with Crippen LogP contribution in [0.1, 0.15) is 43.7 Å². The zero-order valence-corrected chi connectivity index (χ0v) is 8.09. The van der Waals surface area contributed by atoms with Gasteiger partial charge in [0.15, 0.2) is 0 Å². The number of hydrogen-bond donors (Lipinski definition) is 3. The van der Waals surface area contributed by atoms with Gasteiger partial charge in [0, 0.05) is 17.9 Å². The third kappa shape index (κ3) is 2.86. The maximum atomic E-state index is 9.69. The lowest BCUT2D eigenvalue weighted by molar-refractivity contribution is 0.160. The highest BCUT2D eigenvalue weighted by Gasteiger charge is 2.08. The Morgan fingerprint density at radius 3 is 2.85 bits per heavy atom. The summed E-state index contributed by atoms with van der Waals surface area (Å²) in [5, 5.41) is 9.69. The minimum atomic E-state index is -0.361. The smallest absolute Gasteiger partial charge is 0.0937 e. The van der Waals surface area contributed by atoms with Crippen LogP contribution >= 0.6 is 0 Å². The largest absolute Gasteiger partial charge is 0.387 e. The highest BCUT2D eigenvalue weighted by Crippen LogP contribution is 2.18. The van der Waals surface area contributed by atoms with E-state index in [1.165, 1.54) is 0 Å². The topological polar surface area (TPSA) is 62.0 Å². The fraction of sp³-hybridized carbons (Fsp3) is 0.600. The standard InChI is InChI=1S/C10H18N2O/c1-2-3-4-10(13)9-6-5-8(7-11)12-9/h5-6,10,12-13H,2-4,7,11H2,1H3. The molecule has 1 aromatic rings. The summed E-state index contributed by atoms with van der Waals surface area (Å²) in [4.78, 5) is 3.10. The number of hydrogen-bond acceptors (Lipinski definition) is 2. The summed E-state index contributed by atoms with van der Waals surface area (Å²) in [6.07, 6.45) is 2.63. The van der Waals surface area contributed by atoms with Crippen molar-refractivity contribution in [2.75, 3.05) is 0 Å². The summed E-state index contributed by atoms with van der Waals surface area (Å²) in [6, 6.07) is 3.83. The van der Waals surface area contributed by atoms with Gasteiger partial charge < -0.3 is 15.8 Å². The number of aliphatic hydroxyl groups is 1. The Morgan fingerprint density at radius 1 is 1.54 bits per heavy atom. The molecule has 0 fully saturated rings. The van der Waals surface area contributed by atoms with Gasteiger partial charge in [0.2, 0.25) is 0 Å². The average molecular weight is 182 g/mol. The van der Waals surface area contributed by atoms with Gasteiger partial charge in [-0.2, -0.15) is 0 Å². The maximum absolute atomic E-state index is 9.69. The number of rotatable bonds is 5. The molecular weight excluding hydrogens is 164 g/mol. The molecule has 0 radical (unpaired) electrons. The lowest BCUT2D eigenvalue weighted by Gasteiger charge is -2.07. The molecule has 1 rings (SSSR count). The van der Waals surface area contributed by atoms with E-state index in [2.05, 4.69) is 11.9 Å². The molecule has 0 aromatic carbocycles. The second-order valence-corrected chi connectivity index (χ2v) is 3.30. The van der Waals surface area contributed by atoms with Gasteiger partial charge >= 0.3 is 0 Å². The molecule has 74 valence electrons. The first kappa shape index (κ1) is 10.3. The van der Waals surface area contributed by atoms with Gasteiger partial charge in [-0.15, -0.1) is 0 Å². The van der Waals surface area contributed by atoms with E-state index >= 15 is 0 Å². The van der Waals surface area contributed by atoms with E-state index in [0.717, 1.165) is 30.7 Å². The van der Waals surface area contributed by atoms with Crippen molar-refractivity contribution < 1.29 is 5.11 Å². The molecule has 0 amide bonds. The zero-order valence-electron chi connectivity index (χ0n) is 8.09. The Kier molecular flexibility index (Phi) is 3.99. The third-order valence-corrected chi connectivity index (χ3v) is 2.18. The van der Waals surface area contributed by atoms with E-state index in [0.29, 0.717) is 6.54 Å². The number of nitrogens with one attached hydrogen (secondary N) is 1. The van der Waals surface area contributed by atoms with E-state index in [1.807, 2.05) is 12.1 Å². The number of H-pyrrole nitrogens is 1. The lowest BCUT2D eigenvalue weighted by Crippen LogP contribution is -2.00. The number of aliphatic hydroxyl groups excluding tert-OH is 1. The number of nitrogens with two attached hydrogens (primary N) is 1. The Morgan fingerprint density at radius 2 is 2.31 bits per heavy atom. The van der Waals surface area contributed by atoms with Gasteiger partial charge in [-0.3, -0.25) is 0 Å². The van der Waals surface area contributed by atoms with Gasteiger partial charge in [-0.1, -0.05) is 19.8 Å². The Hall–Kier alpha value is -0.800. The van der Waals surface area contributed by atoms with Crippen molar-refractivity contribution in [1.29, 1.82) is 0 Å². The van der Waals surface area contributed by atoms with Crippen LogP contribution in [0, 0.1) is 0 Å². The molecule has 0 bridgehead atoms. The molecular formula is C10H18N2O. The molecule has 0 spiro atoms. The first-order valence-electron chi connectivity index (χ1n) is 4.83. The molecule has 1 aromatic heterocycles. The molecule has 3 nitrogen and oxygen atoms in total. The van der Waals surface area contributed by atoms with Crippen molar-refractivity contribution >= 4 is 0 Å². The van der Waals surface area contributed by atoms with Crippen molar-refractivity contribution in [3.05, 3.63) is 23.5 Å². The van der Waals surface area contributed by atoms with E-state index in [1.54, 1.807) is 0 Å². The SMILES string of the molecule is CCCCC(O)c1ccc(CN)[nH]1. The van der Waals surface area contributed by atoms with E-state index in [9.17, 15) is 5.11 Å². The van der Waals surface area contributed by atoms with Gasteiger partial charge in [0.25, 0.3) is 0 Å². The van der Waals surface area contributed by atoms with Crippen LogP contribution in [0.2, 0.25) is 0 Å². The Balaban J connectivity index is 2.50. The number of aromatic nitrogens is 1. The molecule has 1 unspecified atom stereocenters. The van der Waals surface area contributed by atoms with Crippen LogP contribution in [0.4, 0.5) is 0 Å². The zero-order chi connectivity index (χ0) is 9.68. The van der Waals surface area contributed by atoms with Gasteiger partial charge in [0.05, 0.1) is 6.10 Å². The molecule has 0 aliphatic heterocycles. The molecule has 0 aliphatic carbocycles. The van der Waals surface area contributed by atoms with Crippen molar-refractivity contribution in [1.82, 2.24) is 4.98 Å². The Bertz CT molecular complexity index is 245. The summed E-state index contributed by atoms with van der Waals surface area (Å²) >= 11 is 0. The maximum Gasteiger partial charge on any atom is 0.0937 e. The fourth-order valence-electron chi connectivity index (χ4n) is 1.33. The van der Waals surface area contributed by atoms with Crippen molar-refractivity contribution in [2.24, 2.45) is 5.73 Å². The van der Waals surface area contributed by atoms with Crippen molar-refractivity contribution in [3.63, 3.8) is 0 Å². The van der Waals surface area contributed by atoms with Crippen LogP contribution < -0.4 is 5.73 Å². The molecule has 0 saturated carbocycles. The van der Waals surface area contributed by atoms with Crippen molar-refractivity contribution in [3.8, 4) is 0 Å². The summed E-state index contributed by atoms with van der Waals surface area (Å²) in [5.41, 5.74) is 7.31. The quantitative estimate of drug-likeness (QED) is 0.649. The number of unbranched alkanes of at least 4 members (excludes halogenated alkanes) is 1. The first-order chi connectivity index (χ1) is 6.27. The normalized spacial score (nSPS) is 13.2. The number of aromatic amines is 1. The summed E-state index contributed by atoms with van der Waals surface area (Å²) in [5.74, 6) is 0. The van der Waals surface area contributed by atoms with Gasteiger partial charge in [-0.05, 0) is 18.6 Å². The molecule has 4 N–H and O–H groups in total. The van der Waals surface area contributed by atoms with Gasteiger partial charge in [-0.25, -0.2) is 0 Å².